The highest BCUT2D eigenvalue weighted by atomic mass is 35.5. The molecular formula is C14H12ClN3. The van der Waals surface area contributed by atoms with Gasteiger partial charge in [0.1, 0.15) is 11.8 Å². The average molecular weight is 258 g/mol. The van der Waals surface area contributed by atoms with Crippen LogP contribution in [0, 0.1) is 18.3 Å². The summed E-state index contributed by atoms with van der Waals surface area (Å²) in [6, 6.07) is 9.49. The maximum absolute atomic E-state index is 9.14. The summed E-state index contributed by atoms with van der Waals surface area (Å²) in [6.45, 7) is 3.88. The van der Waals surface area contributed by atoms with E-state index in [9.17, 15) is 0 Å². The van der Waals surface area contributed by atoms with E-state index in [4.69, 9.17) is 16.9 Å². The zero-order chi connectivity index (χ0) is 13.1. The highest BCUT2D eigenvalue weighted by molar-refractivity contribution is 6.33. The zero-order valence-electron chi connectivity index (χ0n) is 10.2. The van der Waals surface area contributed by atoms with Crippen molar-refractivity contribution < 1.29 is 0 Å². The normalized spacial score (nSPS) is 10.1. The van der Waals surface area contributed by atoms with Gasteiger partial charge in [0.15, 0.2) is 5.82 Å². The first kappa shape index (κ1) is 12.5. The van der Waals surface area contributed by atoms with Crippen LogP contribution in [0.3, 0.4) is 0 Å². The van der Waals surface area contributed by atoms with Crippen molar-refractivity contribution in [3.05, 3.63) is 46.2 Å². The van der Waals surface area contributed by atoms with Crippen LogP contribution in [0.2, 0.25) is 5.02 Å². The van der Waals surface area contributed by atoms with E-state index in [0.29, 0.717) is 16.5 Å². The minimum Gasteiger partial charge on any atom is -0.233 e. The maximum atomic E-state index is 9.14. The molecule has 0 aliphatic heterocycles. The summed E-state index contributed by atoms with van der Waals surface area (Å²) >= 11 is 6.12. The molecule has 0 aliphatic rings. The van der Waals surface area contributed by atoms with Crippen molar-refractivity contribution in [2.24, 2.45) is 0 Å². The molecule has 0 saturated heterocycles. The summed E-state index contributed by atoms with van der Waals surface area (Å²) in [6.07, 6.45) is 0.748. The Hall–Kier alpha value is -1.92. The SMILES string of the molecule is CCc1c(C)nc(-c2ccccc2Cl)nc1C#N. The van der Waals surface area contributed by atoms with Crippen LogP contribution < -0.4 is 0 Å². The summed E-state index contributed by atoms with van der Waals surface area (Å²) in [5, 5.41) is 9.73. The van der Waals surface area contributed by atoms with Crippen LogP contribution in [0.5, 0.6) is 0 Å². The second kappa shape index (κ2) is 5.16. The summed E-state index contributed by atoms with van der Waals surface area (Å²) in [5.41, 5.74) is 2.91. The van der Waals surface area contributed by atoms with Crippen molar-refractivity contribution >= 4 is 11.6 Å². The standard InChI is InChI=1S/C14H12ClN3/c1-3-10-9(2)17-14(18-13(10)8-16)11-6-4-5-7-12(11)15/h4-7H,3H2,1-2H3. The van der Waals surface area contributed by atoms with Gasteiger partial charge in [0.2, 0.25) is 0 Å². The summed E-state index contributed by atoms with van der Waals surface area (Å²) < 4.78 is 0. The molecule has 1 aromatic carbocycles. The molecule has 0 atom stereocenters. The summed E-state index contributed by atoms with van der Waals surface area (Å²) in [4.78, 5) is 8.73. The quantitative estimate of drug-likeness (QED) is 0.827. The second-order valence-electron chi connectivity index (χ2n) is 3.90. The molecule has 0 aliphatic carbocycles. The first-order valence-electron chi connectivity index (χ1n) is 5.70. The van der Waals surface area contributed by atoms with Gasteiger partial charge in [0.05, 0.1) is 5.02 Å². The Labute approximate surface area is 111 Å². The van der Waals surface area contributed by atoms with Crippen molar-refractivity contribution in [2.75, 3.05) is 0 Å². The van der Waals surface area contributed by atoms with Crippen molar-refractivity contribution in [2.45, 2.75) is 20.3 Å². The number of hydrogen-bond acceptors (Lipinski definition) is 3. The van der Waals surface area contributed by atoms with Gasteiger partial charge in [-0.25, -0.2) is 9.97 Å². The Bertz CT molecular complexity index is 629. The monoisotopic (exact) mass is 257 g/mol. The van der Waals surface area contributed by atoms with Gasteiger partial charge in [0, 0.05) is 16.8 Å². The Morgan fingerprint density at radius 2 is 2.00 bits per heavy atom. The molecule has 1 aromatic heterocycles. The molecule has 18 heavy (non-hydrogen) atoms. The molecule has 3 nitrogen and oxygen atoms in total. The van der Waals surface area contributed by atoms with E-state index in [2.05, 4.69) is 16.0 Å². The largest absolute Gasteiger partial charge is 0.233 e. The van der Waals surface area contributed by atoms with Gasteiger partial charge in [-0.1, -0.05) is 30.7 Å². The van der Waals surface area contributed by atoms with Crippen molar-refractivity contribution in [3.8, 4) is 17.5 Å². The van der Waals surface area contributed by atoms with Crippen molar-refractivity contribution in [1.29, 1.82) is 5.26 Å². The van der Waals surface area contributed by atoms with Gasteiger partial charge in [-0.05, 0) is 25.5 Å². The van der Waals surface area contributed by atoms with Crippen LogP contribution in [0.1, 0.15) is 23.9 Å². The number of rotatable bonds is 2. The van der Waals surface area contributed by atoms with E-state index in [1.165, 1.54) is 0 Å². The lowest BCUT2D eigenvalue weighted by atomic mass is 10.1. The molecular weight excluding hydrogens is 246 g/mol. The fourth-order valence-corrected chi connectivity index (χ4v) is 2.10. The van der Waals surface area contributed by atoms with Gasteiger partial charge in [-0.2, -0.15) is 5.26 Å². The molecule has 1 heterocycles. The van der Waals surface area contributed by atoms with Gasteiger partial charge < -0.3 is 0 Å². The lowest BCUT2D eigenvalue weighted by Crippen LogP contribution is -2.02. The predicted octanol–water partition coefficient (Wildman–Crippen LogP) is 3.54. The van der Waals surface area contributed by atoms with Crippen molar-refractivity contribution in [1.82, 2.24) is 9.97 Å². The lowest BCUT2D eigenvalue weighted by Gasteiger charge is -2.08. The molecule has 0 amide bonds. The third-order valence-electron chi connectivity index (χ3n) is 2.79. The van der Waals surface area contributed by atoms with Crippen LogP contribution >= 0.6 is 11.6 Å². The van der Waals surface area contributed by atoms with Gasteiger partial charge in [-0.3, -0.25) is 0 Å². The molecule has 2 rings (SSSR count). The molecule has 90 valence electrons. The number of nitriles is 1. The number of hydrogen-bond donors (Lipinski definition) is 0. The van der Waals surface area contributed by atoms with Crippen LogP contribution in [0.4, 0.5) is 0 Å². The van der Waals surface area contributed by atoms with E-state index >= 15 is 0 Å². The molecule has 0 radical (unpaired) electrons. The Balaban J connectivity index is 2.65. The summed E-state index contributed by atoms with van der Waals surface area (Å²) in [7, 11) is 0. The van der Waals surface area contributed by atoms with E-state index in [1.54, 1.807) is 6.07 Å². The molecule has 4 heteroatoms. The van der Waals surface area contributed by atoms with Crippen molar-refractivity contribution in [3.63, 3.8) is 0 Å². The van der Waals surface area contributed by atoms with Crippen LogP contribution in [0.25, 0.3) is 11.4 Å². The molecule has 0 bridgehead atoms. The topological polar surface area (TPSA) is 49.6 Å². The third-order valence-corrected chi connectivity index (χ3v) is 3.12. The average Bonchev–Trinajstić information content (AvgIpc) is 2.38. The minimum absolute atomic E-state index is 0.430. The molecule has 0 N–H and O–H groups in total. The number of aromatic nitrogens is 2. The minimum atomic E-state index is 0.430. The van der Waals surface area contributed by atoms with Gasteiger partial charge >= 0.3 is 0 Å². The number of nitrogens with zero attached hydrogens (tertiary/aromatic N) is 3. The smallest absolute Gasteiger partial charge is 0.162 e. The maximum Gasteiger partial charge on any atom is 0.162 e. The fourth-order valence-electron chi connectivity index (χ4n) is 1.87. The molecule has 0 spiro atoms. The first-order chi connectivity index (χ1) is 8.67. The second-order valence-corrected chi connectivity index (χ2v) is 4.31. The zero-order valence-corrected chi connectivity index (χ0v) is 11.0. The molecule has 0 saturated carbocycles. The number of benzene rings is 1. The van der Waals surface area contributed by atoms with E-state index < -0.39 is 0 Å². The van der Waals surface area contributed by atoms with Crippen LogP contribution in [0.15, 0.2) is 24.3 Å². The third kappa shape index (κ3) is 2.20. The van der Waals surface area contributed by atoms with Gasteiger partial charge in [-0.15, -0.1) is 0 Å². The van der Waals surface area contributed by atoms with E-state index in [-0.39, 0.29) is 0 Å². The predicted molar refractivity (Wildman–Crippen MR) is 71.3 cm³/mol. The highest BCUT2D eigenvalue weighted by Gasteiger charge is 2.12. The Morgan fingerprint density at radius 1 is 1.28 bits per heavy atom. The van der Waals surface area contributed by atoms with E-state index in [1.807, 2.05) is 32.0 Å². The highest BCUT2D eigenvalue weighted by Crippen LogP contribution is 2.26. The molecule has 0 fully saturated rings. The Morgan fingerprint density at radius 3 is 2.61 bits per heavy atom. The number of halogens is 1. The Kier molecular flexibility index (Phi) is 3.59. The lowest BCUT2D eigenvalue weighted by molar-refractivity contribution is 0.985. The number of aryl methyl sites for hydroxylation is 1. The van der Waals surface area contributed by atoms with E-state index in [0.717, 1.165) is 23.2 Å². The first-order valence-corrected chi connectivity index (χ1v) is 6.07. The molecule has 2 aromatic rings. The van der Waals surface area contributed by atoms with Crippen LogP contribution in [-0.2, 0) is 6.42 Å². The van der Waals surface area contributed by atoms with Gasteiger partial charge in [0.25, 0.3) is 0 Å². The van der Waals surface area contributed by atoms with Crippen LogP contribution in [-0.4, -0.2) is 9.97 Å². The molecule has 0 unspecified atom stereocenters. The fraction of sp³-hybridized carbons (Fsp3) is 0.214. The summed E-state index contributed by atoms with van der Waals surface area (Å²) in [5.74, 6) is 0.506.